The lowest BCUT2D eigenvalue weighted by atomic mass is 9.78. The average molecular weight is 160 g/mol. The molecule has 2 heteroatoms. The monoisotopic (exact) mass is 160 g/mol. The van der Waals surface area contributed by atoms with Crippen LogP contribution in [0.1, 0.15) is 6.42 Å². The third kappa shape index (κ3) is 0.632. The summed E-state index contributed by atoms with van der Waals surface area (Å²) in [6.45, 7) is 1.39. The predicted molar refractivity (Wildman–Crippen MR) is 42.4 cm³/mol. The molecule has 1 spiro atoms. The van der Waals surface area contributed by atoms with E-state index in [0.29, 0.717) is 13.2 Å². The van der Waals surface area contributed by atoms with E-state index in [-0.39, 0.29) is 0 Å². The minimum atomic E-state index is -0.437. The van der Waals surface area contributed by atoms with Crippen LogP contribution in [0.15, 0.2) is 34.8 Å². The molecule has 1 aliphatic heterocycles. The Kier molecular flexibility index (Phi) is 1.08. The van der Waals surface area contributed by atoms with Crippen LogP contribution in [-0.2, 0) is 9.47 Å². The van der Waals surface area contributed by atoms with E-state index in [4.69, 9.17) is 9.47 Å². The lowest BCUT2D eigenvalue weighted by Crippen LogP contribution is -2.42. The Balaban J connectivity index is 2.08. The van der Waals surface area contributed by atoms with E-state index in [9.17, 15) is 0 Å². The summed E-state index contributed by atoms with van der Waals surface area (Å²) in [7, 11) is 0. The predicted octanol–water partition coefficient (Wildman–Crippen LogP) is 1.31. The SMILES string of the molecule is C1=C=C2C(=CC=1)CC21OCCO1. The fourth-order valence-electron chi connectivity index (χ4n) is 1.84. The zero-order valence-corrected chi connectivity index (χ0v) is 6.59. The molecule has 2 nitrogen and oxygen atoms in total. The third-order valence-electron chi connectivity index (χ3n) is 2.44. The zero-order valence-electron chi connectivity index (χ0n) is 6.59. The quantitative estimate of drug-likeness (QED) is 0.497. The van der Waals surface area contributed by atoms with Crippen molar-refractivity contribution in [3.05, 3.63) is 34.8 Å². The van der Waals surface area contributed by atoms with Crippen molar-refractivity contribution in [3.63, 3.8) is 0 Å². The van der Waals surface area contributed by atoms with Crippen LogP contribution < -0.4 is 0 Å². The van der Waals surface area contributed by atoms with Gasteiger partial charge < -0.3 is 9.47 Å². The van der Waals surface area contributed by atoms with Crippen LogP contribution in [0.4, 0.5) is 0 Å². The van der Waals surface area contributed by atoms with Gasteiger partial charge in [0.1, 0.15) is 0 Å². The Bertz CT molecular complexity index is 357. The Morgan fingerprint density at radius 3 is 2.92 bits per heavy atom. The second kappa shape index (κ2) is 2.01. The molecular formula is C10H8O2. The lowest BCUT2D eigenvalue weighted by Gasteiger charge is -2.39. The van der Waals surface area contributed by atoms with E-state index in [0.717, 1.165) is 12.0 Å². The van der Waals surface area contributed by atoms with E-state index in [1.807, 2.05) is 12.2 Å². The Labute approximate surface area is 70.5 Å². The van der Waals surface area contributed by atoms with Crippen LogP contribution in [-0.4, -0.2) is 19.0 Å². The smallest absolute Gasteiger partial charge is 0.207 e. The zero-order chi connectivity index (χ0) is 8.02. The highest BCUT2D eigenvalue weighted by atomic mass is 16.7. The van der Waals surface area contributed by atoms with Gasteiger partial charge >= 0.3 is 0 Å². The molecular weight excluding hydrogens is 152 g/mol. The molecule has 1 saturated heterocycles. The van der Waals surface area contributed by atoms with Crippen molar-refractivity contribution in [2.45, 2.75) is 12.2 Å². The largest absolute Gasteiger partial charge is 0.343 e. The fourth-order valence-corrected chi connectivity index (χ4v) is 1.84. The molecule has 60 valence electrons. The van der Waals surface area contributed by atoms with Crippen molar-refractivity contribution < 1.29 is 9.47 Å². The van der Waals surface area contributed by atoms with Gasteiger partial charge in [0, 0.05) is 6.42 Å². The molecule has 2 fully saturated rings. The van der Waals surface area contributed by atoms with E-state index in [1.165, 1.54) is 5.57 Å². The maximum Gasteiger partial charge on any atom is 0.207 e. The molecule has 0 amide bonds. The molecule has 0 unspecified atom stereocenters. The second-order valence-corrected chi connectivity index (χ2v) is 3.13. The van der Waals surface area contributed by atoms with Gasteiger partial charge in [0.25, 0.3) is 0 Å². The van der Waals surface area contributed by atoms with Crippen molar-refractivity contribution in [1.29, 1.82) is 0 Å². The molecule has 3 rings (SSSR count). The number of hydrogen-bond donors (Lipinski definition) is 0. The molecule has 1 heterocycles. The van der Waals surface area contributed by atoms with E-state index < -0.39 is 5.79 Å². The van der Waals surface area contributed by atoms with Gasteiger partial charge in [-0.25, -0.2) is 0 Å². The summed E-state index contributed by atoms with van der Waals surface area (Å²) in [5, 5.41) is 0. The first-order valence-electron chi connectivity index (χ1n) is 4.10. The molecule has 0 atom stereocenters. The van der Waals surface area contributed by atoms with Gasteiger partial charge in [0.05, 0.1) is 18.8 Å². The van der Waals surface area contributed by atoms with Crippen molar-refractivity contribution in [2.24, 2.45) is 0 Å². The summed E-state index contributed by atoms with van der Waals surface area (Å²) >= 11 is 0. The van der Waals surface area contributed by atoms with Gasteiger partial charge in [0.15, 0.2) is 0 Å². The van der Waals surface area contributed by atoms with Crippen LogP contribution >= 0.6 is 0 Å². The fraction of sp³-hybridized carbons (Fsp3) is 0.400. The molecule has 0 bridgehead atoms. The van der Waals surface area contributed by atoms with Crippen molar-refractivity contribution in [2.75, 3.05) is 13.2 Å². The van der Waals surface area contributed by atoms with Crippen LogP contribution in [0.3, 0.4) is 0 Å². The summed E-state index contributed by atoms with van der Waals surface area (Å²) in [4.78, 5) is 0. The highest BCUT2D eigenvalue weighted by Crippen LogP contribution is 2.48. The number of fused-ring (bicyclic) bond motifs is 2. The number of hydrogen-bond acceptors (Lipinski definition) is 2. The maximum atomic E-state index is 5.53. The normalized spacial score (nSPS) is 28.0. The Morgan fingerprint density at radius 1 is 1.33 bits per heavy atom. The van der Waals surface area contributed by atoms with E-state index >= 15 is 0 Å². The molecule has 2 aliphatic carbocycles. The van der Waals surface area contributed by atoms with E-state index in [2.05, 4.69) is 11.5 Å². The van der Waals surface area contributed by atoms with Gasteiger partial charge in [-0.05, 0) is 17.7 Å². The van der Waals surface area contributed by atoms with Gasteiger partial charge in [-0.3, -0.25) is 0 Å². The summed E-state index contributed by atoms with van der Waals surface area (Å²) in [6, 6.07) is 0. The number of rotatable bonds is 0. The first-order valence-corrected chi connectivity index (χ1v) is 4.10. The molecule has 3 aliphatic rings. The molecule has 0 N–H and O–H groups in total. The van der Waals surface area contributed by atoms with Crippen molar-refractivity contribution >= 4 is 0 Å². The summed E-state index contributed by atoms with van der Waals surface area (Å²) in [5.41, 5.74) is 8.28. The first-order chi connectivity index (χ1) is 5.91. The summed E-state index contributed by atoms with van der Waals surface area (Å²) in [6.07, 6.45) is 4.79. The van der Waals surface area contributed by atoms with Crippen molar-refractivity contribution in [3.8, 4) is 0 Å². The van der Waals surface area contributed by atoms with E-state index in [1.54, 1.807) is 0 Å². The van der Waals surface area contributed by atoms with Gasteiger partial charge in [-0.15, -0.1) is 0 Å². The van der Waals surface area contributed by atoms with Gasteiger partial charge in [-0.2, -0.15) is 0 Å². The minimum absolute atomic E-state index is 0.437. The third-order valence-corrected chi connectivity index (χ3v) is 2.44. The Morgan fingerprint density at radius 2 is 2.17 bits per heavy atom. The molecule has 0 aromatic rings. The first kappa shape index (κ1) is 6.47. The van der Waals surface area contributed by atoms with Crippen LogP contribution in [0, 0.1) is 0 Å². The topological polar surface area (TPSA) is 18.5 Å². The van der Waals surface area contributed by atoms with Gasteiger partial charge in [-0.1, -0.05) is 11.5 Å². The molecule has 0 aromatic carbocycles. The lowest BCUT2D eigenvalue weighted by molar-refractivity contribution is -0.142. The van der Waals surface area contributed by atoms with Crippen molar-refractivity contribution in [1.82, 2.24) is 0 Å². The van der Waals surface area contributed by atoms with Crippen LogP contribution in [0.2, 0.25) is 0 Å². The summed E-state index contributed by atoms with van der Waals surface area (Å²) < 4.78 is 11.1. The van der Waals surface area contributed by atoms with Crippen LogP contribution in [0.5, 0.6) is 0 Å². The maximum absolute atomic E-state index is 5.53. The average Bonchev–Trinajstić information content (AvgIpc) is 2.54. The van der Waals surface area contributed by atoms with Crippen LogP contribution in [0.25, 0.3) is 0 Å². The molecule has 0 radical (unpaired) electrons. The summed E-state index contributed by atoms with van der Waals surface area (Å²) in [5.74, 6) is -0.437. The number of ether oxygens (including phenoxy) is 2. The standard InChI is InChI=1S/C10H8O2/c1-2-4-9-8(3-1)7-10(9)11-5-6-12-10/h1,3H,5-7H2. The second-order valence-electron chi connectivity index (χ2n) is 3.13. The minimum Gasteiger partial charge on any atom is -0.343 e. The number of allylic oxidation sites excluding steroid dienone is 2. The molecule has 12 heavy (non-hydrogen) atoms. The Hall–Kier alpha value is -1.04. The molecule has 1 saturated carbocycles. The highest BCUT2D eigenvalue weighted by molar-refractivity contribution is 5.51. The molecule has 0 aromatic heterocycles. The van der Waals surface area contributed by atoms with Gasteiger partial charge in [0.2, 0.25) is 5.79 Å². The highest BCUT2D eigenvalue weighted by Gasteiger charge is 2.51.